The minimum Gasteiger partial charge on any atom is -0.468 e. The van der Waals surface area contributed by atoms with Gasteiger partial charge in [0.05, 0.1) is 7.11 Å². The average Bonchev–Trinajstić information content (AvgIpc) is 2.53. The zero-order valence-corrected chi connectivity index (χ0v) is 13.7. The minimum atomic E-state index is -0.632. The number of carbonyl (C=O) groups is 1. The van der Waals surface area contributed by atoms with Gasteiger partial charge < -0.3 is 15.0 Å². The standard InChI is InChI=1S/C17H28N2O2/c1-5-13-18-17(3,16(20)21-4)12-14-19(6-2)15-10-8-7-9-11-15/h7-11,18H,5-6,12-14H2,1-4H3. The summed E-state index contributed by atoms with van der Waals surface area (Å²) < 4.78 is 4.96. The van der Waals surface area contributed by atoms with Gasteiger partial charge in [0.25, 0.3) is 0 Å². The van der Waals surface area contributed by atoms with Gasteiger partial charge in [-0.15, -0.1) is 0 Å². The molecular formula is C17H28N2O2. The van der Waals surface area contributed by atoms with Crippen LogP contribution in [0.15, 0.2) is 30.3 Å². The van der Waals surface area contributed by atoms with Crippen LogP contribution in [-0.2, 0) is 9.53 Å². The summed E-state index contributed by atoms with van der Waals surface area (Å²) >= 11 is 0. The van der Waals surface area contributed by atoms with Crippen molar-refractivity contribution in [3.8, 4) is 0 Å². The topological polar surface area (TPSA) is 41.6 Å². The van der Waals surface area contributed by atoms with E-state index in [9.17, 15) is 4.79 Å². The normalized spacial score (nSPS) is 13.5. The smallest absolute Gasteiger partial charge is 0.325 e. The van der Waals surface area contributed by atoms with Gasteiger partial charge in [-0.05, 0) is 45.4 Å². The molecule has 1 N–H and O–H groups in total. The fourth-order valence-electron chi connectivity index (χ4n) is 2.36. The van der Waals surface area contributed by atoms with Crippen LogP contribution in [0, 0.1) is 0 Å². The predicted molar refractivity (Wildman–Crippen MR) is 87.7 cm³/mol. The zero-order valence-electron chi connectivity index (χ0n) is 13.7. The third-order valence-electron chi connectivity index (χ3n) is 3.79. The summed E-state index contributed by atoms with van der Waals surface area (Å²) in [6, 6.07) is 10.3. The van der Waals surface area contributed by atoms with Gasteiger partial charge in [-0.2, -0.15) is 0 Å². The van der Waals surface area contributed by atoms with Gasteiger partial charge in [-0.25, -0.2) is 0 Å². The molecule has 0 bridgehead atoms. The highest BCUT2D eigenvalue weighted by Gasteiger charge is 2.33. The molecule has 0 spiro atoms. The van der Waals surface area contributed by atoms with Crippen LogP contribution in [0.25, 0.3) is 0 Å². The lowest BCUT2D eigenvalue weighted by Gasteiger charge is -2.32. The Morgan fingerprint density at radius 2 is 1.95 bits per heavy atom. The Morgan fingerprint density at radius 3 is 2.48 bits per heavy atom. The molecular weight excluding hydrogens is 264 g/mol. The Morgan fingerprint density at radius 1 is 1.29 bits per heavy atom. The Hall–Kier alpha value is -1.55. The lowest BCUT2D eigenvalue weighted by molar-refractivity contribution is -0.148. The summed E-state index contributed by atoms with van der Waals surface area (Å²) in [5.41, 5.74) is 0.551. The highest BCUT2D eigenvalue weighted by atomic mass is 16.5. The van der Waals surface area contributed by atoms with Crippen LogP contribution in [0.3, 0.4) is 0 Å². The van der Waals surface area contributed by atoms with E-state index >= 15 is 0 Å². The van der Waals surface area contributed by atoms with Crippen molar-refractivity contribution < 1.29 is 9.53 Å². The highest BCUT2D eigenvalue weighted by molar-refractivity contribution is 5.80. The molecule has 4 nitrogen and oxygen atoms in total. The van der Waals surface area contributed by atoms with Crippen molar-refractivity contribution in [3.05, 3.63) is 30.3 Å². The van der Waals surface area contributed by atoms with E-state index in [0.29, 0.717) is 6.42 Å². The Bertz CT molecular complexity index is 422. The summed E-state index contributed by atoms with van der Waals surface area (Å²) in [6.07, 6.45) is 1.70. The molecule has 1 unspecified atom stereocenters. The molecule has 1 rings (SSSR count). The van der Waals surface area contributed by atoms with Crippen molar-refractivity contribution in [2.75, 3.05) is 31.6 Å². The number of methoxy groups -OCH3 is 1. The summed E-state index contributed by atoms with van der Waals surface area (Å²) in [5, 5.41) is 3.33. The van der Waals surface area contributed by atoms with Crippen molar-refractivity contribution in [1.82, 2.24) is 5.32 Å². The number of esters is 1. The number of nitrogens with one attached hydrogen (secondary N) is 1. The number of hydrogen-bond donors (Lipinski definition) is 1. The van der Waals surface area contributed by atoms with E-state index in [-0.39, 0.29) is 5.97 Å². The first kappa shape index (κ1) is 17.5. The van der Waals surface area contributed by atoms with Gasteiger partial charge in [0, 0.05) is 18.8 Å². The summed E-state index contributed by atoms with van der Waals surface area (Å²) in [5.74, 6) is -0.194. The summed E-state index contributed by atoms with van der Waals surface area (Å²) in [6.45, 7) is 8.67. The molecule has 0 aliphatic rings. The fourth-order valence-corrected chi connectivity index (χ4v) is 2.36. The molecule has 0 radical (unpaired) electrons. The average molecular weight is 292 g/mol. The number of ether oxygens (including phenoxy) is 1. The van der Waals surface area contributed by atoms with Crippen molar-refractivity contribution >= 4 is 11.7 Å². The molecule has 1 atom stereocenters. The van der Waals surface area contributed by atoms with Gasteiger partial charge in [-0.3, -0.25) is 4.79 Å². The second-order valence-electron chi connectivity index (χ2n) is 5.42. The predicted octanol–water partition coefficient (Wildman–Crippen LogP) is 2.83. The molecule has 0 amide bonds. The lowest BCUT2D eigenvalue weighted by atomic mass is 9.97. The van der Waals surface area contributed by atoms with Crippen LogP contribution in [0.4, 0.5) is 5.69 Å². The summed E-state index contributed by atoms with van der Waals surface area (Å²) in [7, 11) is 1.45. The maximum atomic E-state index is 12.1. The second kappa shape index (κ2) is 8.67. The van der Waals surface area contributed by atoms with Crippen molar-refractivity contribution in [3.63, 3.8) is 0 Å². The number of para-hydroxylation sites is 1. The molecule has 0 heterocycles. The van der Waals surface area contributed by atoms with E-state index in [1.165, 1.54) is 12.8 Å². The van der Waals surface area contributed by atoms with E-state index < -0.39 is 5.54 Å². The number of benzene rings is 1. The van der Waals surface area contributed by atoms with Crippen LogP contribution >= 0.6 is 0 Å². The monoisotopic (exact) mass is 292 g/mol. The zero-order chi connectivity index (χ0) is 15.7. The van der Waals surface area contributed by atoms with Crippen LogP contribution in [0.5, 0.6) is 0 Å². The first-order chi connectivity index (χ1) is 10.1. The number of anilines is 1. The van der Waals surface area contributed by atoms with E-state index in [2.05, 4.69) is 36.2 Å². The van der Waals surface area contributed by atoms with E-state index in [0.717, 1.165) is 26.1 Å². The molecule has 0 saturated carbocycles. The van der Waals surface area contributed by atoms with Crippen LogP contribution in [-0.4, -0.2) is 38.3 Å². The first-order valence-electron chi connectivity index (χ1n) is 7.70. The minimum absolute atomic E-state index is 0.194. The molecule has 1 aromatic carbocycles. The quantitative estimate of drug-likeness (QED) is 0.711. The van der Waals surface area contributed by atoms with Gasteiger partial charge in [0.1, 0.15) is 5.54 Å². The molecule has 0 aromatic heterocycles. The second-order valence-corrected chi connectivity index (χ2v) is 5.42. The van der Waals surface area contributed by atoms with E-state index in [4.69, 9.17) is 4.74 Å². The Balaban J connectivity index is 2.72. The maximum Gasteiger partial charge on any atom is 0.325 e. The molecule has 0 fully saturated rings. The number of nitrogens with zero attached hydrogens (tertiary/aromatic N) is 1. The molecule has 21 heavy (non-hydrogen) atoms. The van der Waals surface area contributed by atoms with E-state index in [1.807, 2.05) is 25.1 Å². The Kier molecular flexibility index (Phi) is 7.23. The molecule has 0 saturated heterocycles. The van der Waals surface area contributed by atoms with Crippen LogP contribution in [0.1, 0.15) is 33.6 Å². The first-order valence-corrected chi connectivity index (χ1v) is 7.70. The lowest BCUT2D eigenvalue weighted by Crippen LogP contribution is -2.52. The van der Waals surface area contributed by atoms with Crippen LogP contribution in [0.2, 0.25) is 0 Å². The Labute approximate surface area is 128 Å². The van der Waals surface area contributed by atoms with Gasteiger partial charge in [0.2, 0.25) is 0 Å². The van der Waals surface area contributed by atoms with Gasteiger partial charge in [0.15, 0.2) is 0 Å². The third kappa shape index (κ3) is 5.05. The maximum absolute atomic E-state index is 12.1. The number of rotatable bonds is 9. The van der Waals surface area contributed by atoms with Crippen LogP contribution < -0.4 is 10.2 Å². The molecule has 0 aliphatic carbocycles. The molecule has 0 aliphatic heterocycles. The van der Waals surface area contributed by atoms with Crippen molar-refractivity contribution in [2.45, 2.75) is 39.2 Å². The number of hydrogen-bond acceptors (Lipinski definition) is 4. The molecule has 4 heteroatoms. The molecule has 1 aromatic rings. The van der Waals surface area contributed by atoms with E-state index in [1.54, 1.807) is 0 Å². The SMILES string of the molecule is CCCNC(C)(CCN(CC)c1ccccc1)C(=O)OC. The van der Waals surface area contributed by atoms with Crippen molar-refractivity contribution in [2.24, 2.45) is 0 Å². The van der Waals surface area contributed by atoms with Gasteiger partial charge >= 0.3 is 5.97 Å². The summed E-state index contributed by atoms with van der Waals surface area (Å²) in [4.78, 5) is 14.3. The fraction of sp³-hybridized carbons (Fsp3) is 0.588. The van der Waals surface area contributed by atoms with Crippen molar-refractivity contribution in [1.29, 1.82) is 0 Å². The number of carbonyl (C=O) groups excluding carboxylic acids is 1. The molecule has 118 valence electrons. The van der Waals surface area contributed by atoms with Gasteiger partial charge in [-0.1, -0.05) is 25.1 Å². The largest absolute Gasteiger partial charge is 0.468 e. The third-order valence-corrected chi connectivity index (χ3v) is 3.79. The highest BCUT2D eigenvalue weighted by Crippen LogP contribution is 2.18.